The first kappa shape index (κ1) is 15.4. The van der Waals surface area contributed by atoms with Crippen LogP contribution in [-0.2, 0) is 0 Å². The molecule has 3 rings (SSSR count). The molecule has 2 saturated heterocycles. The Morgan fingerprint density at radius 3 is 2.67 bits per heavy atom. The maximum Gasteiger partial charge on any atom is 0.0472 e. The van der Waals surface area contributed by atoms with Gasteiger partial charge >= 0.3 is 0 Å². The number of likely N-dealkylation sites (tertiary alicyclic amines) is 1. The van der Waals surface area contributed by atoms with Crippen molar-refractivity contribution < 1.29 is 0 Å². The van der Waals surface area contributed by atoms with Crippen LogP contribution in [0.25, 0.3) is 0 Å². The number of nitrogens with zero attached hydrogens (tertiary/aromatic N) is 1. The van der Waals surface area contributed by atoms with Gasteiger partial charge in [-0.05, 0) is 50.1 Å². The van der Waals surface area contributed by atoms with E-state index in [4.69, 9.17) is 0 Å². The molecule has 0 saturated carbocycles. The topological polar surface area (TPSA) is 15.3 Å². The summed E-state index contributed by atoms with van der Waals surface area (Å²) in [6, 6.07) is 12.3. The molecule has 3 heteroatoms. The highest BCUT2D eigenvalue weighted by atomic mass is 32.2. The van der Waals surface area contributed by atoms with E-state index in [1.165, 1.54) is 50.1 Å². The van der Waals surface area contributed by atoms with Gasteiger partial charge in [0.2, 0.25) is 0 Å². The van der Waals surface area contributed by atoms with Crippen molar-refractivity contribution in [2.75, 3.05) is 25.4 Å². The van der Waals surface area contributed by atoms with E-state index < -0.39 is 0 Å². The molecular weight excluding hydrogens is 276 g/mol. The summed E-state index contributed by atoms with van der Waals surface area (Å²) in [4.78, 5) is 2.67. The Morgan fingerprint density at radius 2 is 1.95 bits per heavy atom. The fourth-order valence-corrected chi connectivity index (χ4v) is 4.81. The Labute approximate surface area is 133 Å². The SMILES string of the molecule is CC1SCCCC1NCC(c1ccccc1)N1CCCC1. The maximum absolute atomic E-state index is 3.88. The quantitative estimate of drug-likeness (QED) is 0.893. The van der Waals surface area contributed by atoms with Gasteiger partial charge in [-0.15, -0.1) is 0 Å². The van der Waals surface area contributed by atoms with Crippen LogP contribution in [0.15, 0.2) is 30.3 Å². The van der Waals surface area contributed by atoms with Gasteiger partial charge in [-0.25, -0.2) is 0 Å². The third-order valence-corrected chi connectivity index (χ3v) is 6.32. The van der Waals surface area contributed by atoms with Crippen molar-refractivity contribution in [1.29, 1.82) is 0 Å². The molecule has 2 nitrogen and oxygen atoms in total. The van der Waals surface area contributed by atoms with Crippen LogP contribution in [0.5, 0.6) is 0 Å². The van der Waals surface area contributed by atoms with Crippen LogP contribution in [0, 0.1) is 0 Å². The minimum atomic E-state index is 0.549. The molecule has 0 aromatic heterocycles. The van der Waals surface area contributed by atoms with Crippen molar-refractivity contribution >= 4 is 11.8 Å². The molecule has 1 aromatic rings. The molecule has 0 radical (unpaired) electrons. The molecule has 2 aliphatic heterocycles. The predicted octanol–water partition coefficient (Wildman–Crippen LogP) is 3.70. The number of benzene rings is 1. The van der Waals surface area contributed by atoms with Gasteiger partial charge in [-0.3, -0.25) is 4.90 Å². The third kappa shape index (κ3) is 4.02. The second-order valence-electron chi connectivity index (χ2n) is 6.40. The molecule has 0 aliphatic carbocycles. The van der Waals surface area contributed by atoms with E-state index in [0.717, 1.165) is 11.8 Å². The minimum Gasteiger partial charge on any atom is -0.311 e. The van der Waals surface area contributed by atoms with Gasteiger partial charge < -0.3 is 5.32 Å². The molecule has 3 atom stereocenters. The first-order valence-corrected chi connectivity index (χ1v) is 9.53. The smallest absolute Gasteiger partial charge is 0.0472 e. The van der Waals surface area contributed by atoms with E-state index in [1.807, 2.05) is 0 Å². The van der Waals surface area contributed by atoms with Gasteiger partial charge in [0.05, 0.1) is 0 Å². The van der Waals surface area contributed by atoms with Crippen LogP contribution in [-0.4, -0.2) is 41.6 Å². The number of hydrogen-bond donors (Lipinski definition) is 1. The largest absolute Gasteiger partial charge is 0.311 e. The van der Waals surface area contributed by atoms with Crippen molar-refractivity contribution in [2.24, 2.45) is 0 Å². The van der Waals surface area contributed by atoms with E-state index >= 15 is 0 Å². The monoisotopic (exact) mass is 304 g/mol. The molecule has 2 heterocycles. The molecule has 2 aliphatic rings. The average molecular weight is 305 g/mol. The van der Waals surface area contributed by atoms with Crippen LogP contribution < -0.4 is 5.32 Å². The van der Waals surface area contributed by atoms with Crippen molar-refractivity contribution in [3.63, 3.8) is 0 Å². The number of thioether (sulfide) groups is 1. The van der Waals surface area contributed by atoms with Crippen LogP contribution in [0.1, 0.15) is 44.2 Å². The second-order valence-corrected chi connectivity index (χ2v) is 7.89. The molecule has 1 aromatic carbocycles. The van der Waals surface area contributed by atoms with E-state index in [9.17, 15) is 0 Å². The van der Waals surface area contributed by atoms with Gasteiger partial charge in [0.15, 0.2) is 0 Å². The van der Waals surface area contributed by atoms with Gasteiger partial charge in [0, 0.05) is 23.9 Å². The van der Waals surface area contributed by atoms with Gasteiger partial charge in [-0.2, -0.15) is 11.8 Å². The number of rotatable bonds is 5. The first-order valence-electron chi connectivity index (χ1n) is 8.48. The van der Waals surface area contributed by atoms with Gasteiger partial charge in [-0.1, -0.05) is 37.3 Å². The fraction of sp³-hybridized carbons (Fsp3) is 0.667. The third-order valence-electron chi connectivity index (χ3n) is 4.95. The normalized spacial score (nSPS) is 28.6. The maximum atomic E-state index is 3.88. The number of hydrogen-bond acceptors (Lipinski definition) is 3. The van der Waals surface area contributed by atoms with Crippen LogP contribution in [0.2, 0.25) is 0 Å². The Hall–Kier alpha value is -0.510. The zero-order chi connectivity index (χ0) is 14.5. The second kappa shape index (κ2) is 7.66. The molecular formula is C18H28N2S. The lowest BCUT2D eigenvalue weighted by molar-refractivity contribution is 0.230. The highest BCUT2D eigenvalue weighted by Crippen LogP contribution is 2.28. The summed E-state index contributed by atoms with van der Waals surface area (Å²) in [7, 11) is 0. The summed E-state index contributed by atoms with van der Waals surface area (Å²) in [6.07, 6.45) is 5.43. The van der Waals surface area contributed by atoms with Crippen LogP contribution >= 0.6 is 11.8 Å². The summed E-state index contributed by atoms with van der Waals surface area (Å²) in [5.41, 5.74) is 1.48. The molecule has 3 unspecified atom stereocenters. The van der Waals surface area contributed by atoms with Crippen molar-refractivity contribution in [1.82, 2.24) is 10.2 Å². The molecule has 0 amide bonds. The Bertz CT molecular complexity index is 416. The van der Waals surface area contributed by atoms with E-state index in [1.54, 1.807) is 0 Å². The summed E-state index contributed by atoms with van der Waals surface area (Å²) < 4.78 is 0. The Kier molecular flexibility index (Phi) is 5.61. The average Bonchev–Trinajstić information content (AvgIpc) is 3.04. The standard InChI is InChI=1S/C18H28N2S/c1-15-17(10-7-13-21-15)19-14-18(20-11-5-6-12-20)16-8-3-2-4-9-16/h2-4,8-9,15,17-19H,5-7,10-14H2,1H3. The van der Waals surface area contributed by atoms with Crippen molar-refractivity contribution in [3.8, 4) is 0 Å². The minimum absolute atomic E-state index is 0.549. The fourth-order valence-electron chi connectivity index (χ4n) is 3.64. The summed E-state index contributed by atoms with van der Waals surface area (Å²) in [5, 5.41) is 4.64. The van der Waals surface area contributed by atoms with Crippen LogP contribution in [0.4, 0.5) is 0 Å². The van der Waals surface area contributed by atoms with E-state index in [-0.39, 0.29) is 0 Å². The molecule has 21 heavy (non-hydrogen) atoms. The van der Waals surface area contributed by atoms with Crippen LogP contribution in [0.3, 0.4) is 0 Å². The summed E-state index contributed by atoms with van der Waals surface area (Å²) >= 11 is 2.13. The summed E-state index contributed by atoms with van der Waals surface area (Å²) in [5.74, 6) is 1.34. The zero-order valence-corrected chi connectivity index (χ0v) is 13.9. The molecule has 116 valence electrons. The molecule has 2 fully saturated rings. The van der Waals surface area contributed by atoms with Crippen molar-refractivity contribution in [3.05, 3.63) is 35.9 Å². The van der Waals surface area contributed by atoms with E-state index in [2.05, 4.69) is 59.2 Å². The molecule has 0 spiro atoms. The predicted molar refractivity (Wildman–Crippen MR) is 92.9 cm³/mol. The number of nitrogens with one attached hydrogen (secondary N) is 1. The lowest BCUT2D eigenvalue weighted by Crippen LogP contribution is -2.44. The van der Waals surface area contributed by atoms with Gasteiger partial charge in [0.25, 0.3) is 0 Å². The molecule has 1 N–H and O–H groups in total. The lowest BCUT2D eigenvalue weighted by atomic mass is 10.0. The highest BCUT2D eigenvalue weighted by molar-refractivity contribution is 7.99. The highest BCUT2D eigenvalue weighted by Gasteiger charge is 2.26. The zero-order valence-electron chi connectivity index (χ0n) is 13.1. The Balaban J connectivity index is 1.64. The Morgan fingerprint density at radius 1 is 1.19 bits per heavy atom. The lowest BCUT2D eigenvalue weighted by Gasteiger charge is -2.34. The van der Waals surface area contributed by atoms with Gasteiger partial charge in [0.1, 0.15) is 0 Å². The van der Waals surface area contributed by atoms with Crippen molar-refractivity contribution in [2.45, 2.75) is 49.9 Å². The summed E-state index contributed by atoms with van der Waals surface area (Å²) in [6.45, 7) is 6.00. The van der Waals surface area contributed by atoms with E-state index in [0.29, 0.717) is 12.1 Å². The molecule has 0 bridgehead atoms. The first-order chi connectivity index (χ1) is 10.3.